The van der Waals surface area contributed by atoms with Crippen molar-refractivity contribution in [2.24, 2.45) is 5.73 Å². The molecule has 7 heteroatoms. The molecule has 1 aliphatic heterocycles. The Balaban J connectivity index is 1.67. The van der Waals surface area contributed by atoms with Gasteiger partial charge in [0.2, 0.25) is 5.88 Å². The lowest BCUT2D eigenvalue weighted by Gasteiger charge is -2.26. The molecule has 1 atom stereocenters. The van der Waals surface area contributed by atoms with Crippen LogP contribution in [0.2, 0.25) is 0 Å². The van der Waals surface area contributed by atoms with E-state index in [0.717, 1.165) is 11.3 Å². The Bertz CT molecular complexity index is 1250. The van der Waals surface area contributed by atoms with Crippen LogP contribution in [0, 0.1) is 17.1 Å². The van der Waals surface area contributed by atoms with Gasteiger partial charge in [-0.15, -0.1) is 0 Å². The van der Waals surface area contributed by atoms with Gasteiger partial charge in [0.1, 0.15) is 34.7 Å². The Kier molecular flexibility index (Phi) is 5.77. The second kappa shape index (κ2) is 8.82. The summed E-state index contributed by atoms with van der Waals surface area (Å²) in [4.78, 5) is 12.3. The monoisotopic (exact) mass is 430 g/mol. The highest BCUT2D eigenvalue weighted by molar-refractivity contribution is 5.91. The molecule has 2 N–H and O–H groups in total. The van der Waals surface area contributed by atoms with Crippen molar-refractivity contribution in [1.82, 2.24) is 0 Å². The summed E-state index contributed by atoms with van der Waals surface area (Å²) in [6, 6.07) is 19.8. The van der Waals surface area contributed by atoms with Gasteiger partial charge in [-0.05, 0) is 42.8 Å². The number of ether oxygens (including phenoxy) is 3. The summed E-state index contributed by atoms with van der Waals surface area (Å²) >= 11 is 0. The van der Waals surface area contributed by atoms with Crippen LogP contribution in [-0.2, 0) is 0 Å². The van der Waals surface area contributed by atoms with E-state index in [2.05, 4.69) is 6.07 Å². The van der Waals surface area contributed by atoms with Crippen LogP contribution in [-0.4, -0.2) is 12.6 Å². The van der Waals surface area contributed by atoms with Crippen molar-refractivity contribution in [3.63, 3.8) is 0 Å². The number of allylic oxidation sites excluding steroid dienone is 1. The first-order chi connectivity index (χ1) is 15.5. The van der Waals surface area contributed by atoms with Gasteiger partial charge in [-0.2, -0.15) is 5.26 Å². The van der Waals surface area contributed by atoms with Crippen molar-refractivity contribution in [2.45, 2.75) is 12.8 Å². The lowest BCUT2D eigenvalue weighted by atomic mass is 9.83. The van der Waals surface area contributed by atoms with Crippen LogP contribution in [0.15, 0.2) is 78.2 Å². The molecular weight excluding hydrogens is 411 g/mol. The third-order valence-electron chi connectivity index (χ3n) is 5.02. The minimum Gasteiger partial charge on any atom is -0.494 e. The Morgan fingerprint density at radius 2 is 1.84 bits per heavy atom. The zero-order chi connectivity index (χ0) is 22.7. The quantitative estimate of drug-likeness (QED) is 0.467. The van der Waals surface area contributed by atoms with E-state index in [0.29, 0.717) is 17.9 Å². The van der Waals surface area contributed by atoms with E-state index >= 15 is 0 Å². The molecule has 3 aromatic carbocycles. The van der Waals surface area contributed by atoms with Crippen LogP contribution < -0.4 is 19.9 Å². The molecule has 4 rings (SSSR count). The van der Waals surface area contributed by atoms with Crippen LogP contribution >= 0.6 is 0 Å². The standard InChI is InChI=1S/C25H19FN2O4/c1-2-30-16-9-7-15(8-10-16)23-19-12-11-17(13-22(19)32-24(28)20(23)14-27)31-25(29)18-5-3-4-6-21(18)26/h3-13,23H,2,28H2,1H3. The van der Waals surface area contributed by atoms with Gasteiger partial charge in [-0.25, -0.2) is 9.18 Å². The number of hydrogen-bond acceptors (Lipinski definition) is 6. The fourth-order valence-corrected chi connectivity index (χ4v) is 3.55. The number of rotatable bonds is 5. The van der Waals surface area contributed by atoms with Gasteiger partial charge < -0.3 is 19.9 Å². The highest BCUT2D eigenvalue weighted by Crippen LogP contribution is 2.43. The zero-order valence-electron chi connectivity index (χ0n) is 17.2. The predicted octanol–water partition coefficient (Wildman–Crippen LogP) is 4.66. The van der Waals surface area contributed by atoms with Crippen LogP contribution in [0.5, 0.6) is 17.2 Å². The number of nitrogens with zero attached hydrogens (tertiary/aromatic N) is 1. The second-order valence-electron chi connectivity index (χ2n) is 7.00. The maximum absolute atomic E-state index is 13.9. The smallest absolute Gasteiger partial charge is 0.346 e. The highest BCUT2D eigenvalue weighted by Gasteiger charge is 2.31. The number of hydrogen-bond donors (Lipinski definition) is 1. The Morgan fingerprint density at radius 1 is 1.12 bits per heavy atom. The first-order valence-corrected chi connectivity index (χ1v) is 9.92. The van der Waals surface area contributed by atoms with Crippen LogP contribution in [0.4, 0.5) is 4.39 Å². The van der Waals surface area contributed by atoms with Gasteiger partial charge in [0.05, 0.1) is 18.1 Å². The number of benzene rings is 3. The number of fused-ring (bicyclic) bond motifs is 1. The number of carbonyl (C=O) groups is 1. The maximum atomic E-state index is 13.9. The third-order valence-corrected chi connectivity index (χ3v) is 5.02. The molecule has 1 unspecified atom stereocenters. The summed E-state index contributed by atoms with van der Waals surface area (Å²) in [6.07, 6.45) is 0. The molecule has 0 saturated heterocycles. The molecule has 6 nitrogen and oxygen atoms in total. The van der Waals surface area contributed by atoms with Gasteiger partial charge in [0.25, 0.3) is 0 Å². The van der Waals surface area contributed by atoms with Crippen LogP contribution in [0.25, 0.3) is 0 Å². The van der Waals surface area contributed by atoms with Gasteiger partial charge >= 0.3 is 5.97 Å². The van der Waals surface area contributed by atoms with Crippen molar-refractivity contribution in [2.75, 3.05) is 6.61 Å². The Labute approximate surface area is 184 Å². The lowest BCUT2D eigenvalue weighted by Crippen LogP contribution is -2.21. The molecule has 0 aromatic heterocycles. The normalized spacial score (nSPS) is 14.7. The summed E-state index contributed by atoms with van der Waals surface area (Å²) in [5.41, 5.74) is 7.64. The highest BCUT2D eigenvalue weighted by atomic mass is 19.1. The van der Waals surface area contributed by atoms with Gasteiger partial charge in [0.15, 0.2) is 0 Å². The fraction of sp³-hybridized carbons (Fsp3) is 0.120. The minimum absolute atomic E-state index is 0.0311. The lowest BCUT2D eigenvalue weighted by molar-refractivity contribution is 0.0729. The number of halogens is 1. The van der Waals surface area contributed by atoms with E-state index in [1.54, 1.807) is 18.2 Å². The SMILES string of the molecule is CCOc1ccc(C2C(C#N)=C(N)Oc3cc(OC(=O)c4ccccc4F)ccc32)cc1. The molecule has 0 spiro atoms. The van der Waals surface area contributed by atoms with E-state index < -0.39 is 17.7 Å². The van der Waals surface area contributed by atoms with Gasteiger partial charge in [-0.3, -0.25) is 0 Å². The first-order valence-electron chi connectivity index (χ1n) is 9.92. The summed E-state index contributed by atoms with van der Waals surface area (Å²) in [7, 11) is 0. The topological polar surface area (TPSA) is 94.6 Å². The summed E-state index contributed by atoms with van der Waals surface area (Å²) in [5, 5.41) is 9.69. The maximum Gasteiger partial charge on any atom is 0.346 e. The number of carbonyl (C=O) groups excluding carboxylic acids is 1. The zero-order valence-corrected chi connectivity index (χ0v) is 17.2. The Morgan fingerprint density at radius 3 is 2.53 bits per heavy atom. The number of nitriles is 1. The van der Waals surface area contributed by atoms with Crippen molar-refractivity contribution in [1.29, 1.82) is 5.26 Å². The molecular formula is C25H19FN2O4. The average Bonchev–Trinajstić information content (AvgIpc) is 2.79. The minimum atomic E-state index is -0.830. The molecule has 0 radical (unpaired) electrons. The van der Waals surface area contributed by atoms with E-state index in [4.69, 9.17) is 19.9 Å². The van der Waals surface area contributed by atoms with E-state index in [-0.39, 0.29) is 22.8 Å². The molecule has 32 heavy (non-hydrogen) atoms. The predicted molar refractivity (Wildman–Crippen MR) is 115 cm³/mol. The van der Waals surface area contributed by atoms with E-state index in [1.807, 2.05) is 31.2 Å². The van der Waals surface area contributed by atoms with Crippen molar-refractivity contribution in [3.8, 4) is 23.3 Å². The number of esters is 1. The first kappa shape index (κ1) is 20.9. The van der Waals surface area contributed by atoms with Gasteiger partial charge in [-0.1, -0.05) is 30.3 Å². The molecule has 1 heterocycles. The summed E-state index contributed by atoms with van der Waals surface area (Å²) < 4.78 is 30.3. The van der Waals surface area contributed by atoms with E-state index in [9.17, 15) is 14.4 Å². The molecule has 160 valence electrons. The third kappa shape index (κ3) is 3.98. The molecule has 1 aliphatic rings. The van der Waals surface area contributed by atoms with Crippen molar-refractivity contribution >= 4 is 5.97 Å². The largest absolute Gasteiger partial charge is 0.494 e. The molecule has 0 saturated carbocycles. The van der Waals surface area contributed by atoms with Crippen molar-refractivity contribution < 1.29 is 23.4 Å². The summed E-state index contributed by atoms with van der Waals surface area (Å²) in [6.45, 7) is 2.44. The van der Waals surface area contributed by atoms with Crippen LogP contribution in [0.3, 0.4) is 0 Å². The number of nitrogens with two attached hydrogens (primary N) is 1. The average molecular weight is 430 g/mol. The Hall–Kier alpha value is -4.31. The fourth-order valence-electron chi connectivity index (χ4n) is 3.55. The molecule has 0 bridgehead atoms. The molecule has 3 aromatic rings. The van der Waals surface area contributed by atoms with Crippen LogP contribution in [0.1, 0.15) is 34.3 Å². The van der Waals surface area contributed by atoms with E-state index in [1.165, 1.54) is 24.3 Å². The molecule has 0 amide bonds. The molecule has 0 fully saturated rings. The molecule has 0 aliphatic carbocycles. The summed E-state index contributed by atoms with van der Waals surface area (Å²) in [5.74, 6) is -0.771. The second-order valence-corrected chi connectivity index (χ2v) is 7.00. The van der Waals surface area contributed by atoms with Gasteiger partial charge in [0, 0.05) is 11.6 Å². The van der Waals surface area contributed by atoms with Crippen molar-refractivity contribution in [3.05, 3.63) is 101 Å².